The highest BCUT2D eigenvalue weighted by Crippen LogP contribution is 2.64. The molecule has 3 atom stereocenters. The Morgan fingerprint density at radius 2 is 2.04 bits per heavy atom. The van der Waals surface area contributed by atoms with Crippen LogP contribution >= 0.6 is 11.6 Å². The van der Waals surface area contributed by atoms with Gasteiger partial charge in [-0.3, -0.25) is 4.68 Å². The topological polar surface area (TPSA) is 66.0 Å². The third-order valence-electron chi connectivity index (χ3n) is 5.90. The van der Waals surface area contributed by atoms with E-state index >= 15 is 0 Å². The Morgan fingerprint density at radius 1 is 1.33 bits per heavy atom. The lowest BCUT2D eigenvalue weighted by atomic mass is 10.1. The maximum atomic E-state index is 12.6. The number of halogens is 3. The SMILES string of the molecule is CCC(C)n1nc(-c2cnc(N)c(OC(F)F)c2)cc1C1C2CC(Cl)CC21. The number of aromatic nitrogens is 3. The van der Waals surface area contributed by atoms with Crippen LogP contribution in [-0.2, 0) is 0 Å². The quantitative estimate of drug-likeness (QED) is 0.710. The average Bonchev–Trinajstić information content (AvgIpc) is 2.98. The van der Waals surface area contributed by atoms with Gasteiger partial charge in [-0.2, -0.15) is 13.9 Å². The third kappa shape index (κ3) is 3.37. The molecule has 2 aliphatic rings. The number of hydrogen-bond acceptors (Lipinski definition) is 4. The van der Waals surface area contributed by atoms with Crippen molar-refractivity contribution in [3.8, 4) is 17.0 Å². The molecule has 146 valence electrons. The predicted molar refractivity (Wildman–Crippen MR) is 100 cm³/mol. The largest absolute Gasteiger partial charge is 0.431 e. The molecule has 0 radical (unpaired) electrons. The minimum atomic E-state index is -2.95. The molecule has 3 unspecified atom stereocenters. The van der Waals surface area contributed by atoms with Crippen molar-refractivity contribution < 1.29 is 13.5 Å². The molecule has 4 rings (SSSR count). The van der Waals surface area contributed by atoms with E-state index in [1.807, 2.05) is 0 Å². The maximum Gasteiger partial charge on any atom is 0.387 e. The molecule has 0 saturated heterocycles. The van der Waals surface area contributed by atoms with Crippen LogP contribution in [0.15, 0.2) is 18.3 Å². The highest BCUT2D eigenvalue weighted by atomic mass is 35.5. The zero-order chi connectivity index (χ0) is 19.3. The molecule has 27 heavy (non-hydrogen) atoms. The first-order valence-electron chi connectivity index (χ1n) is 9.33. The second-order valence-corrected chi connectivity index (χ2v) is 8.18. The summed E-state index contributed by atoms with van der Waals surface area (Å²) in [7, 11) is 0. The van der Waals surface area contributed by atoms with Crippen molar-refractivity contribution in [3.63, 3.8) is 0 Å². The van der Waals surface area contributed by atoms with Crippen molar-refractivity contribution in [2.75, 3.05) is 5.73 Å². The molecule has 0 aliphatic heterocycles. The van der Waals surface area contributed by atoms with E-state index in [1.54, 1.807) is 6.20 Å². The number of pyridine rings is 1. The first-order valence-corrected chi connectivity index (χ1v) is 9.76. The van der Waals surface area contributed by atoms with E-state index in [-0.39, 0.29) is 23.0 Å². The summed E-state index contributed by atoms with van der Waals surface area (Å²) in [6.45, 7) is 1.31. The Balaban J connectivity index is 1.68. The Morgan fingerprint density at radius 3 is 2.67 bits per heavy atom. The molecule has 0 aromatic carbocycles. The lowest BCUT2D eigenvalue weighted by molar-refractivity contribution is -0.0494. The maximum absolute atomic E-state index is 12.6. The fourth-order valence-corrected chi connectivity index (χ4v) is 4.74. The van der Waals surface area contributed by atoms with Crippen LogP contribution in [0.25, 0.3) is 11.3 Å². The molecule has 2 N–H and O–H groups in total. The van der Waals surface area contributed by atoms with Crippen LogP contribution in [0.3, 0.4) is 0 Å². The van der Waals surface area contributed by atoms with E-state index in [0.717, 1.165) is 19.3 Å². The van der Waals surface area contributed by atoms with Crippen molar-refractivity contribution in [3.05, 3.63) is 24.0 Å². The van der Waals surface area contributed by atoms with Crippen LogP contribution in [-0.4, -0.2) is 26.8 Å². The fraction of sp³-hybridized carbons (Fsp3) is 0.579. The van der Waals surface area contributed by atoms with E-state index < -0.39 is 6.61 Å². The normalized spacial score (nSPS) is 27.6. The van der Waals surface area contributed by atoms with Gasteiger partial charge in [0.2, 0.25) is 0 Å². The second-order valence-electron chi connectivity index (χ2n) is 7.56. The summed E-state index contributed by atoms with van der Waals surface area (Å²) in [5.41, 5.74) is 8.16. The number of rotatable bonds is 6. The van der Waals surface area contributed by atoms with Gasteiger partial charge >= 0.3 is 6.61 Å². The number of fused-ring (bicyclic) bond motifs is 1. The average molecular weight is 397 g/mol. The van der Waals surface area contributed by atoms with Crippen molar-refractivity contribution >= 4 is 17.4 Å². The molecular weight excluding hydrogens is 374 g/mol. The number of nitrogen functional groups attached to an aromatic ring is 1. The molecular formula is C19H23ClF2N4O. The molecule has 5 nitrogen and oxygen atoms in total. The molecule has 2 aromatic rings. The molecule has 0 spiro atoms. The first-order chi connectivity index (χ1) is 12.9. The highest BCUT2D eigenvalue weighted by molar-refractivity contribution is 6.20. The van der Waals surface area contributed by atoms with E-state index in [4.69, 9.17) is 22.4 Å². The standard InChI is InChI=1S/C19H23ClF2N4O/c1-3-9(2)26-15(17-12-5-11(20)6-13(12)17)7-14(25-26)10-4-16(27-19(21)22)18(23)24-8-10/h4,7-9,11-13,17,19H,3,5-6H2,1-2H3,(H2,23,24). The van der Waals surface area contributed by atoms with Gasteiger partial charge in [-0.25, -0.2) is 4.98 Å². The molecule has 2 aliphatic carbocycles. The Labute approximate surface area is 161 Å². The molecule has 2 fully saturated rings. The lowest BCUT2D eigenvalue weighted by Crippen LogP contribution is -2.11. The summed E-state index contributed by atoms with van der Waals surface area (Å²) in [5, 5.41) is 5.05. The minimum Gasteiger partial charge on any atom is -0.431 e. The van der Waals surface area contributed by atoms with Gasteiger partial charge in [0.1, 0.15) is 0 Å². The Kier molecular flexibility index (Phi) is 4.74. The summed E-state index contributed by atoms with van der Waals surface area (Å²) in [6.07, 6.45) is 4.60. The van der Waals surface area contributed by atoms with E-state index in [2.05, 4.69) is 34.3 Å². The number of alkyl halides is 3. The van der Waals surface area contributed by atoms with Gasteiger partial charge < -0.3 is 10.5 Å². The monoisotopic (exact) mass is 396 g/mol. The zero-order valence-corrected chi connectivity index (χ0v) is 16.0. The number of ether oxygens (including phenoxy) is 1. The van der Waals surface area contributed by atoms with Gasteiger partial charge in [0.15, 0.2) is 11.6 Å². The first kappa shape index (κ1) is 18.5. The molecule has 0 bridgehead atoms. The number of anilines is 1. The van der Waals surface area contributed by atoms with Crippen LogP contribution in [0, 0.1) is 11.8 Å². The summed E-state index contributed by atoms with van der Waals surface area (Å²) in [4.78, 5) is 3.99. The fourth-order valence-electron chi connectivity index (χ4n) is 4.32. The van der Waals surface area contributed by atoms with Gasteiger partial charge in [-0.15, -0.1) is 11.6 Å². The van der Waals surface area contributed by atoms with Gasteiger partial charge in [-0.05, 0) is 50.2 Å². The number of nitrogens with two attached hydrogens (primary N) is 1. The summed E-state index contributed by atoms with van der Waals surface area (Å²) in [6, 6.07) is 3.78. The van der Waals surface area contributed by atoms with Gasteiger partial charge in [-0.1, -0.05) is 6.92 Å². The smallest absolute Gasteiger partial charge is 0.387 e. The molecule has 2 aromatic heterocycles. The van der Waals surface area contributed by atoms with Crippen molar-refractivity contribution in [1.29, 1.82) is 0 Å². The summed E-state index contributed by atoms with van der Waals surface area (Å²) >= 11 is 6.28. The van der Waals surface area contributed by atoms with Crippen LogP contribution in [0.4, 0.5) is 14.6 Å². The van der Waals surface area contributed by atoms with E-state index in [9.17, 15) is 8.78 Å². The molecule has 2 saturated carbocycles. The van der Waals surface area contributed by atoms with Crippen LogP contribution in [0.2, 0.25) is 0 Å². The van der Waals surface area contributed by atoms with Gasteiger partial charge in [0.25, 0.3) is 0 Å². The van der Waals surface area contributed by atoms with E-state index in [0.29, 0.717) is 29.0 Å². The number of hydrogen-bond donors (Lipinski definition) is 1. The van der Waals surface area contributed by atoms with Crippen LogP contribution in [0.5, 0.6) is 5.75 Å². The summed E-state index contributed by atoms with van der Waals surface area (Å²) < 4.78 is 31.7. The molecule has 8 heteroatoms. The van der Waals surface area contributed by atoms with Crippen molar-refractivity contribution in [2.24, 2.45) is 11.8 Å². The zero-order valence-electron chi connectivity index (χ0n) is 15.3. The van der Waals surface area contributed by atoms with Gasteiger partial charge in [0.05, 0.1) is 5.69 Å². The van der Waals surface area contributed by atoms with Gasteiger partial charge in [0, 0.05) is 34.8 Å². The number of nitrogens with zero attached hydrogens (tertiary/aromatic N) is 3. The highest BCUT2D eigenvalue weighted by Gasteiger charge is 2.57. The lowest BCUT2D eigenvalue weighted by Gasteiger charge is -2.15. The summed E-state index contributed by atoms with van der Waals surface area (Å²) in [5.74, 6) is 1.54. The Bertz CT molecular complexity index is 831. The van der Waals surface area contributed by atoms with Crippen LogP contribution < -0.4 is 10.5 Å². The van der Waals surface area contributed by atoms with Crippen molar-refractivity contribution in [2.45, 2.75) is 57.1 Å². The van der Waals surface area contributed by atoms with E-state index in [1.165, 1.54) is 11.8 Å². The Hall–Kier alpha value is -1.89. The second kappa shape index (κ2) is 6.93. The predicted octanol–water partition coefficient (Wildman–Crippen LogP) is 4.83. The molecule has 2 heterocycles. The third-order valence-corrected chi connectivity index (χ3v) is 6.25. The molecule has 0 amide bonds. The van der Waals surface area contributed by atoms with Crippen LogP contribution in [0.1, 0.15) is 50.8 Å². The van der Waals surface area contributed by atoms with Crippen molar-refractivity contribution in [1.82, 2.24) is 14.8 Å². The minimum absolute atomic E-state index is 0.0643.